The zero-order chi connectivity index (χ0) is 35.8. The number of para-hydroxylation sites is 5. The Morgan fingerprint density at radius 2 is 0.741 bits per heavy atom. The van der Waals surface area contributed by atoms with E-state index < -0.39 is 0 Å². The van der Waals surface area contributed by atoms with Crippen LogP contribution >= 0.6 is 0 Å². The summed E-state index contributed by atoms with van der Waals surface area (Å²) in [7, 11) is 0. The fourth-order valence-electron chi connectivity index (χ4n) is 7.56. The standard InChI is InChI=1S/C48H34N6/c1-5-15-35(16-6-1)51(36-17-7-2-8-18-36)41-29-31-46-43(33-41)44-34-42(52(37-19-9-3-10-20-37)38-21-11-4-12-22-38)30-32-47(44)53(46)39-25-27-40(28-26-39)54-48-24-14-13-23-45(48)49-50-54/h1-34H. The number of fused-ring (bicyclic) bond motifs is 4. The van der Waals surface area contributed by atoms with Gasteiger partial charge in [0.25, 0.3) is 0 Å². The predicted molar refractivity (Wildman–Crippen MR) is 223 cm³/mol. The van der Waals surface area contributed by atoms with Gasteiger partial charge >= 0.3 is 0 Å². The number of anilines is 6. The van der Waals surface area contributed by atoms with Gasteiger partial charge in [-0.25, -0.2) is 4.68 Å². The molecule has 0 atom stereocenters. The Bertz CT molecular complexity index is 2650. The van der Waals surface area contributed by atoms with Crippen molar-refractivity contribution in [3.05, 3.63) is 206 Å². The molecule has 0 fully saturated rings. The maximum absolute atomic E-state index is 4.46. The molecule has 10 rings (SSSR count). The maximum Gasteiger partial charge on any atom is 0.113 e. The van der Waals surface area contributed by atoms with Gasteiger partial charge in [-0.1, -0.05) is 90.1 Å². The van der Waals surface area contributed by atoms with Crippen LogP contribution in [0.25, 0.3) is 44.2 Å². The lowest BCUT2D eigenvalue weighted by Gasteiger charge is -2.26. The summed E-state index contributed by atoms with van der Waals surface area (Å²) in [5.41, 5.74) is 12.7. The van der Waals surface area contributed by atoms with Crippen LogP contribution in [0.3, 0.4) is 0 Å². The molecule has 10 aromatic rings. The van der Waals surface area contributed by atoms with Crippen molar-refractivity contribution in [1.29, 1.82) is 0 Å². The highest BCUT2D eigenvalue weighted by atomic mass is 15.4. The summed E-state index contributed by atoms with van der Waals surface area (Å²) in [6, 6.07) is 72.6. The lowest BCUT2D eigenvalue weighted by atomic mass is 10.1. The summed E-state index contributed by atoms with van der Waals surface area (Å²) >= 11 is 0. The third-order valence-electron chi connectivity index (χ3n) is 10.0. The van der Waals surface area contributed by atoms with Crippen LogP contribution in [0.2, 0.25) is 0 Å². The fraction of sp³-hybridized carbons (Fsp3) is 0. The Kier molecular flexibility index (Phi) is 7.69. The van der Waals surface area contributed by atoms with Crippen molar-refractivity contribution in [3.8, 4) is 11.4 Å². The summed E-state index contributed by atoms with van der Waals surface area (Å²) in [6.07, 6.45) is 0. The van der Waals surface area contributed by atoms with Gasteiger partial charge in [0.05, 0.1) is 22.2 Å². The van der Waals surface area contributed by atoms with Crippen LogP contribution in [0.15, 0.2) is 206 Å². The van der Waals surface area contributed by atoms with E-state index in [1.807, 2.05) is 28.9 Å². The van der Waals surface area contributed by atoms with Crippen LogP contribution in [0.1, 0.15) is 0 Å². The first kappa shape index (κ1) is 31.3. The molecular formula is C48H34N6. The molecular weight excluding hydrogens is 661 g/mol. The quantitative estimate of drug-likeness (QED) is 0.159. The third kappa shape index (κ3) is 5.45. The lowest BCUT2D eigenvalue weighted by molar-refractivity contribution is 0.823. The van der Waals surface area contributed by atoms with Gasteiger partial charge in [0.15, 0.2) is 0 Å². The molecule has 0 saturated heterocycles. The average Bonchev–Trinajstić information content (AvgIpc) is 3.82. The number of aromatic nitrogens is 4. The van der Waals surface area contributed by atoms with Crippen molar-refractivity contribution in [3.63, 3.8) is 0 Å². The van der Waals surface area contributed by atoms with E-state index in [4.69, 9.17) is 0 Å². The van der Waals surface area contributed by atoms with Gasteiger partial charge in [-0.15, -0.1) is 5.10 Å². The number of benzene rings is 8. The van der Waals surface area contributed by atoms with Crippen molar-refractivity contribution in [2.75, 3.05) is 9.80 Å². The molecule has 0 unspecified atom stereocenters. The van der Waals surface area contributed by atoms with Crippen LogP contribution in [-0.2, 0) is 0 Å². The zero-order valence-corrected chi connectivity index (χ0v) is 29.3. The number of hydrogen-bond acceptors (Lipinski definition) is 4. The number of rotatable bonds is 8. The van der Waals surface area contributed by atoms with Gasteiger partial charge in [0, 0.05) is 50.6 Å². The van der Waals surface area contributed by atoms with Crippen molar-refractivity contribution in [1.82, 2.24) is 19.6 Å². The molecule has 0 spiro atoms. The van der Waals surface area contributed by atoms with Gasteiger partial charge in [-0.05, 0) is 121 Å². The topological polar surface area (TPSA) is 42.1 Å². The monoisotopic (exact) mass is 694 g/mol. The lowest BCUT2D eigenvalue weighted by Crippen LogP contribution is -2.09. The number of nitrogens with zero attached hydrogens (tertiary/aromatic N) is 6. The SMILES string of the molecule is c1ccc(N(c2ccccc2)c2ccc3c(c2)c2cc(N(c4ccccc4)c4ccccc4)ccc2n3-c2ccc(-n3nnc4ccccc43)cc2)cc1. The molecule has 6 heteroatoms. The Hall–Kier alpha value is -7.44. The molecule has 8 aromatic carbocycles. The van der Waals surface area contributed by atoms with Crippen LogP contribution in [0.5, 0.6) is 0 Å². The molecule has 0 N–H and O–H groups in total. The first-order valence-electron chi connectivity index (χ1n) is 18.1. The van der Waals surface area contributed by atoms with E-state index in [1.54, 1.807) is 0 Å². The molecule has 0 radical (unpaired) electrons. The average molecular weight is 695 g/mol. The maximum atomic E-state index is 4.46. The molecule has 0 aliphatic rings. The van der Waals surface area contributed by atoms with E-state index in [-0.39, 0.29) is 0 Å². The van der Waals surface area contributed by atoms with E-state index in [0.717, 1.165) is 78.3 Å². The molecule has 256 valence electrons. The minimum atomic E-state index is 0.871. The number of hydrogen-bond donors (Lipinski definition) is 0. The highest BCUT2D eigenvalue weighted by Crippen LogP contribution is 2.42. The fourth-order valence-corrected chi connectivity index (χ4v) is 7.56. The summed E-state index contributed by atoms with van der Waals surface area (Å²) in [5.74, 6) is 0. The molecule has 2 heterocycles. The first-order valence-corrected chi connectivity index (χ1v) is 18.1. The van der Waals surface area contributed by atoms with Crippen molar-refractivity contribution in [2.24, 2.45) is 0 Å². The minimum absolute atomic E-state index is 0.871. The second-order valence-corrected chi connectivity index (χ2v) is 13.3. The van der Waals surface area contributed by atoms with E-state index in [0.29, 0.717) is 0 Å². The molecule has 0 aliphatic heterocycles. The van der Waals surface area contributed by atoms with E-state index >= 15 is 0 Å². The van der Waals surface area contributed by atoms with Crippen LogP contribution in [-0.4, -0.2) is 19.6 Å². The molecule has 6 nitrogen and oxygen atoms in total. The molecule has 0 aliphatic carbocycles. The normalized spacial score (nSPS) is 11.3. The Morgan fingerprint density at radius 3 is 1.20 bits per heavy atom. The Balaban J connectivity index is 1.19. The van der Waals surface area contributed by atoms with E-state index in [2.05, 4.69) is 207 Å². The van der Waals surface area contributed by atoms with Crippen molar-refractivity contribution < 1.29 is 0 Å². The second kappa shape index (κ2) is 13.3. The smallest absolute Gasteiger partial charge is 0.113 e. The van der Waals surface area contributed by atoms with Crippen LogP contribution < -0.4 is 9.80 Å². The highest BCUT2D eigenvalue weighted by Gasteiger charge is 2.20. The Labute approximate surface area is 313 Å². The largest absolute Gasteiger partial charge is 0.310 e. The summed E-state index contributed by atoms with van der Waals surface area (Å²) in [5, 5.41) is 11.2. The highest BCUT2D eigenvalue weighted by molar-refractivity contribution is 6.12. The molecule has 0 bridgehead atoms. The summed E-state index contributed by atoms with van der Waals surface area (Å²) in [6.45, 7) is 0. The van der Waals surface area contributed by atoms with Gasteiger partial charge in [-0.2, -0.15) is 0 Å². The van der Waals surface area contributed by atoms with Crippen LogP contribution in [0.4, 0.5) is 34.1 Å². The molecule has 2 aromatic heterocycles. The summed E-state index contributed by atoms with van der Waals surface area (Å²) in [4.78, 5) is 4.65. The molecule has 54 heavy (non-hydrogen) atoms. The predicted octanol–water partition coefficient (Wildman–Crippen LogP) is 12.5. The first-order chi connectivity index (χ1) is 26.8. The summed E-state index contributed by atoms with van der Waals surface area (Å²) < 4.78 is 4.26. The van der Waals surface area contributed by atoms with Gasteiger partial charge < -0.3 is 14.4 Å². The third-order valence-corrected chi connectivity index (χ3v) is 10.0. The zero-order valence-electron chi connectivity index (χ0n) is 29.3. The van der Waals surface area contributed by atoms with Gasteiger partial charge in [0.1, 0.15) is 5.52 Å². The van der Waals surface area contributed by atoms with Gasteiger partial charge in [0.2, 0.25) is 0 Å². The van der Waals surface area contributed by atoms with Crippen molar-refractivity contribution in [2.45, 2.75) is 0 Å². The molecule has 0 amide bonds. The van der Waals surface area contributed by atoms with E-state index in [9.17, 15) is 0 Å². The molecule has 0 saturated carbocycles. The second-order valence-electron chi connectivity index (χ2n) is 13.3. The minimum Gasteiger partial charge on any atom is -0.310 e. The van der Waals surface area contributed by atoms with Crippen molar-refractivity contribution >= 4 is 67.0 Å². The Morgan fingerprint density at radius 1 is 0.333 bits per heavy atom. The van der Waals surface area contributed by atoms with Gasteiger partial charge in [-0.3, -0.25) is 0 Å². The van der Waals surface area contributed by atoms with E-state index in [1.165, 1.54) is 0 Å². The van der Waals surface area contributed by atoms with Crippen LogP contribution in [0, 0.1) is 0 Å².